The van der Waals surface area contributed by atoms with Crippen molar-refractivity contribution < 1.29 is 18.7 Å². The highest BCUT2D eigenvalue weighted by Gasteiger charge is 2.19. The Morgan fingerprint density at radius 1 is 1.16 bits per heavy atom. The molecule has 0 amide bonds. The normalized spacial score (nSPS) is 11.1. The Labute approximate surface area is 146 Å². The molecule has 0 fully saturated rings. The molecular formula is C21H20O4. The first-order valence-electron chi connectivity index (χ1n) is 8.23. The lowest BCUT2D eigenvalue weighted by Crippen LogP contribution is -2.05. The summed E-state index contributed by atoms with van der Waals surface area (Å²) in [5.74, 6) is 0.853. The maximum Gasteiger partial charge on any atom is 0.342 e. The van der Waals surface area contributed by atoms with Crippen LogP contribution in [0.25, 0.3) is 17.0 Å². The van der Waals surface area contributed by atoms with Gasteiger partial charge < -0.3 is 13.9 Å². The third-order valence-corrected chi connectivity index (χ3v) is 3.77. The van der Waals surface area contributed by atoms with Gasteiger partial charge in [0.25, 0.3) is 0 Å². The number of ether oxygens (including phenoxy) is 2. The van der Waals surface area contributed by atoms with E-state index in [-0.39, 0.29) is 5.97 Å². The number of furan rings is 1. The number of benzene rings is 2. The molecule has 0 bridgehead atoms. The lowest BCUT2D eigenvalue weighted by molar-refractivity contribution is 0.0526. The van der Waals surface area contributed by atoms with Gasteiger partial charge in [-0.25, -0.2) is 4.79 Å². The Bertz CT molecular complexity index is 891. The number of carbonyl (C=O) groups is 1. The zero-order valence-corrected chi connectivity index (χ0v) is 14.3. The van der Waals surface area contributed by atoms with E-state index < -0.39 is 0 Å². The minimum absolute atomic E-state index is 0.325. The Morgan fingerprint density at radius 3 is 2.72 bits per heavy atom. The number of carbonyl (C=O) groups excluding carboxylic acids is 1. The molecule has 0 spiro atoms. The van der Waals surface area contributed by atoms with Crippen molar-refractivity contribution in [1.82, 2.24) is 0 Å². The second-order valence-corrected chi connectivity index (χ2v) is 5.54. The molecule has 0 radical (unpaired) electrons. The first-order chi connectivity index (χ1) is 12.2. The Morgan fingerprint density at radius 2 is 1.96 bits per heavy atom. The highest BCUT2D eigenvalue weighted by Crippen LogP contribution is 2.29. The van der Waals surface area contributed by atoms with E-state index in [2.05, 4.69) is 0 Å². The van der Waals surface area contributed by atoms with E-state index in [1.165, 1.54) is 0 Å². The predicted molar refractivity (Wildman–Crippen MR) is 97.9 cm³/mol. The zero-order valence-electron chi connectivity index (χ0n) is 14.3. The highest BCUT2D eigenvalue weighted by molar-refractivity contribution is 6.04. The maximum absolute atomic E-state index is 12.1. The maximum atomic E-state index is 12.1. The van der Waals surface area contributed by atoms with Crippen molar-refractivity contribution in [3.05, 3.63) is 71.5 Å². The molecule has 0 aliphatic rings. The predicted octanol–water partition coefficient (Wildman–Crippen LogP) is 5.01. The van der Waals surface area contributed by atoms with Crippen LogP contribution in [0.5, 0.6) is 5.75 Å². The van der Waals surface area contributed by atoms with Crippen molar-refractivity contribution in [2.45, 2.75) is 13.8 Å². The van der Waals surface area contributed by atoms with E-state index in [0.29, 0.717) is 41.3 Å². The van der Waals surface area contributed by atoms with Crippen LogP contribution < -0.4 is 4.74 Å². The fourth-order valence-corrected chi connectivity index (χ4v) is 2.64. The lowest BCUT2D eigenvalue weighted by atomic mass is 10.1. The highest BCUT2D eigenvalue weighted by atomic mass is 16.5. The Kier molecular flexibility index (Phi) is 5.19. The molecule has 0 aliphatic carbocycles. The molecule has 1 aromatic heterocycles. The fraction of sp³-hybridized carbons (Fsp3) is 0.190. The molecule has 3 rings (SSSR count). The summed E-state index contributed by atoms with van der Waals surface area (Å²) in [6.45, 7) is 4.30. The van der Waals surface area contributed by atoms with Crippen molar-refractivity contribution in [3.63, 3.8) is 0 Å². The van der Waals surface area contributed by atoms with Gasteiger partial charge in [0.05, 0.1) is 6.61 Å². The summed E-state index contributed by atoms with van der Waals surface area (Å²) in [6, 6.07) is 15.5. The van der Waals surface area contributed by atoms with Gasteiger partial charge in [-0.1, -0.05) is 36.4 Å². The molecule has 128 valence electrons. The Hall–Kier alpha value is -3.01. The van der Waals surface area contributed by atoms with Crippen LogP contribution in [0.4, 0.5) is 0 Å². The van der Waals surface area contributed by atoms with Gasteiger partial charge in [-0.15, -0.1) is 0 Å². The molecule has 0 unspecified atom stereocenters. The van der Waals surface area contributed by atoms with Crippen molar-refractivity contribution in [2.24, 2.45) is 0 Å². The van der Waals surface area contributed by atoms with E-state index in [0.717, 1.165) is 5.56 Å². The van der Waals surface area contributed by atoms with Crippen LogP contribution in [0.1, 0.15) is 28.6 Å². The van der Waals surface area contributed by atoms with Crippen molar-refractivity contribution in [1.29, 1.82) is 0 Å². The van der Waals surface area contributed by atoms with Crippen LogP contribution in [0.3, 0.4) is 0 Å². The Balaban J connectivity index is 1.75. The summed E-state index contributed by atoms with van der Waals surface area (Å²) in [7, 11) is 0. The summed E-state index contributed by atoms with van der Waals surface area (Å²) in [6.07, 6.45) is 3.96. The molecule has 2 aromatic carbocycles. The van der Waals surface area contributed by atoms with Gasteiger partial charge in [-0.3, -0.25) is 0 Å². The summed E-state index contributed by atoms with van der Waals surface area (Å²) in [5, 5.41) is 0.709. The van der Waals surface area contributed by atoms with Crippen LogP contribution in [-0.4, -0.2) is 19.2 Å². The van der Waals surface area contributed by atoms with E-state index >= 15 is 0 Å². The first-order valence-corrected chi connectivity index (χ1v) is 8.23. The second-order valence-electron chi connectivity index (χ2n) is 5.54. The number of aryl methyl sites for hydroxylation is 1. The van der Waals surface area contributed by atoms with E-state index in [9.17, 15) is 4.79 Å². The summed E-state index contributed by atoms with van der Waals surface area (Å²) < 4.78 is 16.5. The van der Waals surface area contributed by atoms with Crippen LogP contribution >= 0.6 is 0 Å². The molecular weight excluding hydrogens is 316 g/mol. The summed E-state index contributed by atoms with van der Waals surface area (Å²) in [4.78, 5) is 12.1. The van der Waals surface area contributed by atoms with Crippen molar-refractivity contribution in [2.75, 3.05) is 13.2 Å². The number of fused-ring (bicyclic) bond motifs is 1. The largest absolute Gasteiger partial charge is 0.490 e. The van der Waals surface area contributed by atoms with Gasteiger partial charge >= 0.3 is 5.97 Å². The van der Waals surface area contributed by atoms with Gasteiger partial charge in [0.15, 0.2) is 0 Å². The van der Waals surface area contributed by atoms with Gasteiger partial charge in [-0.2, -0.15) is 0 Å². The van der Waals surface area contributed by atoms with Crippen LogP contribution in [0.2, 0.25) is 0 Å². The molecule has 4 heteroatoms. The third-order valence-electron chi connectivity index (χ3n) is 3.77. The number of hydrogen-bond donors (Lipinski definition) is 0. The second kappa shape index (κ2) is 7.71. The minimum atomic E-state index is -0.375. The molecule has 0 aliphatic heterocycles. The first kappa shape index (κ1) is 16.8. The molecule has 0 atom stereocenters. The number of esters is 1. The summed E-state index contributed by atoms with van der Waals surface area (Å²) >= 11 is 0. The standard InChI is InChI=1S/C21H20O4/c1-3-23-21(22)20-15(2)25-19-12-11-17(14-18(19)20)24-13-7-10-16-8-5-4-6-9-16/h4-12,14H,3,13H2,1-2H3/b10-7+. The van der Waals surface area contributed by atoms with Crippen molar-refractivity contribution >= 4 is 23.0 Å². The van der Waals surface area contributed by atoms with Crippen molar-refractivity contribution in [3.8, 4) is 5.75 Å². The van der Waals surface area contributed by atoms with E-state index in [1.807, 2.05) is 54.6 Å². The zero-order chi connectivity index (χ0) is 17.6. The van der Waals surface area contributed by atoms with Gasteiger partial charge in [0.2, 0.25) is 0 Å². The van der Waals surface area contributed by atoms with Gasteiger partial charge in [-0.05, 0) is 43.7 Å². The lowest BCUT2D eigenvalue weighted by Gasteiger charge is -2.04. The molecule has 1 heterocycles. The molecule has 0 saturated carbocycles. The average molecular weight is 336 g/mol. The molecule has 0 saturated heterocycles. The monoisotopic (exact) mass is 336 g/mol. The molecule has 0 N–H and O–H groups in total. The average Bonchev–Trinajstić information content (AvgIpc) is 2.95. The third kappa shape index (κ3) is 3.91. The van der Waals surface area contributed by atoms with E-state index in [4.69, 9.17) is 13.9 Å². The summed E-state index contributed by atoms with van der Waals surface area (Å²) in [5.41, 5.74) is 2.23. The molecule has 4 nitrogen and oxygen atoms in total. The fourth-order valence-electron chi connectivity index (χ4n) is 2.64. The smallest absolute Gasteiger partial charge is 0.342 e. The minimum Gasteiger partial charge on any atom is -0.490 e. The number of hydrogen-bond acceptors (Lipinski definition) is 4. The molecule has 25 heavy (non-hydrogen) atoms. The van der Waals surface area contributed by atoms with Crippen LogP contribution in [-0.2, 0) is 4.74 Å². The van der Waals surface area contributed by atoms with Crippen LogP contribution in [0, 0.1) is 6.92 Å². The number of rotatable bonds is 6. The van der Waals surface area contributed by atoms with Gasteiger partial charge in [0.1, 0.15) is 29.3 Å². The SMILES string of the molecule is CCOC(=O)c1c(C)oc2ccc(OC/C=C/c3ccccc3)cc12. The molecule has 3 aromatic rings. The topological polar surface area (TPSA) is 48.7 Å². The van der Waals surface area contributed by atoms with E-state index in [1.54, 1.807) is 19.9 Å². The van der Waals surface area contributed by atoms with Gasteiger partial charge in [0, 0.05) is 5.39 Å². The van der Waals surface area contributed by atoms with Crippen LogP contribution in [0.15, 0.2) is 59.0 Å². The quantitative estimate of drug-likeness (QED) is 0.594.